The van der Waals surface area contributed by atoms with Gasteiger partial charge in [-0.1, -0.05) is 6.92 Å². The summed E-state index contributed by atoms with van der Waals surface area (Å²) in [5.74, 6) is -0.864. The van der Waals surface area contributed by atoms with Crippen molar-refractivity contribution in [3.05, 3.63) is 16.3 Å². The van der Waals surface area contributed by atoms with Gasteiger partial charge in [-0.2, -0.15) is 0 Å². The van der Waals surface area contributed by atoms with Crippen molar-refractivity contribution in [1.82, 2.24) is 0 Å². The van der Waals surface area contributed by atoms with E-state index in [4.69, 9.17) is 9.84 Å². The van der Waals surface area contributed by atoms with Gasteiger partial charge in [-0.05, 0) is 19.4 Å². The Morgan fingerprint density at radius 1 is 1.65 bits per heavy atom. The number of anilines is 1. The van der Waals surface area contributed by atoms with Gasteiger partial charge in [0.1, 0.15) is 4.88 Å². The molecule has 17 heavy (non-hydrogen) atoms. The van der Waals surface area contributed by atoms with E-state index in [0.717, 1.165) is 18.7 Å². The van der Waals surface area contributed by atoms with Crippen molar-refractivity contribution in [2.45, 2.75) is 26.3 Å². The molecule has 0 spiro atoms. The summed E-state index contributed by atoms with van der Waals surface area (Å²) in [6.07, 6.45) is 1.02. The minimum Gasteiger partial charge on any atom is -0.477 e. The summed E-state index contributed by atoms with van der Waals surface area (Å²) in [4.78, 5) is 13.4. The lowest BCUT2D eigenvalue weighted by atomic mass is 10.2. The number of methoxy groups -OCH3 is 1. The first kappa shape index (κ1) is 14.0. The van der Waals surface area contributed by atoms with Gasteiger partial charge >= 0.3 is 5.97 Å². The van der Waals surface area contributed by atoms with Crippen LogP contribution in [0.4, 0.5) is 5.69 Å². The zero-order valence-electron chi connectivity index (χ0n) is 10.5. The van der Waals surface area contributed by atoms with Gasteiger partial charge in [0.25, 0.3) is 0 Å². The molecule has 96 valence electrons. The third kappa shape index (κ3) is 3.71. The SMILES string of the molecule is CCC(C)N(CCOC)c1csc(C(=O)O)c1. The average Bonchev–Trinajstić information content (AvgIpc) is 2.78. The normalized spacial score (nSPS) is 12.4. The number of carboxylic acids is 1. The molecule has 1 heterocycles. The van der Waals surface area contributed by atoms with Crippen LogP contribution >= 0.6 is 11.3 Å². The molecule has 0 aliphatic rings. The molecule has 4 nitrogen and oxygen atoms in total. The Morgan fingerprint density at radius 3 is 2.82 bits per heavy atom. The second-order valence-electron chi connectivity index (χ2n) is 3.92. The van der Waals surface area contributed by atoms with Crippen molar-refractivity contribution in [3.8, 4) is 0 Å². The summed E-state index contributed by atoms with van der Waals surface area (Å²) in [5, 5.41) is 10.8. The molecule has 0 aromatic carbocycles. The summed E-state index contributed by atoms with van der Waals surface area (Å²) in [6.45, 7) is 5.67. The van der Waals surface area contributed by atoms with Gasteiger partial charge in [-0.25, -0.2) is 4.79 Å². The van der Waals surface area contributed by atoms with E-state index in [0.29, 0.717) is 17.5 Å². The van der Waals surface area contributed by atoms with Gasteiger partial charge in [0.05, 0.1) is 6.61 Å². The molecule has 1 atom stereocenters. The van der Waals surface area contributed by atoms with Gasteiger partial charge in [0, 0.05) is 30.8 Å². The van der Waals surface area contributed by atoms with E-state index < -0.39 is 5.97 Å². The number of aromatic carboxylic acids is 1. The highest BCUT2D eigenvalue weighted by molar-refractivity contribution is 7.12. The summed E-state index contributed by atoms with van der Waals surface area (Å²) >= 11 is 1.27. The van der Waals surface area contributed by atoms with Gasteiger partial charge < -0.3 is 14.7 Å². The maximum absolute atomic E-state index is 10.9. The van der Waals surface area contributed by atoms with Crippen LogP contribution in [-0.2, 0) is 4.74 Å². The third-order valence-corrected chi connectivity index (χ3v) is 3.69. The van der Waals surface area contributed by atoms with Crippen LogP contribution in [0.15, 0.2) is 11.4 Å². The second kappa shape index (κ2) is 6.61. The van der Waals surface area contributed by atoms with Gasteiger partial charge in [0.2, 0.25) is 0 Å². The lowest BCUT2D eigenvalue weighted by molar-refractivity contribution is 0.0702. The van der Waals surface area contributed by atoms with Crippen molar-refractivity contribution in [3.63, 3.8) is 0 Å². The number of rotatable bonds is 7. The van der Waals surface area contributed by atoms with Crippen LogP contribution < -0.4 is 4.90 Å². The van der Waals surface area contributed by atoms with Crippen molar-refractivity contribution in [2.75, 3.05) is 25.2 Å². The molecule has 0 aliphatic heterocycles. The monoisotopic (exact) mass is 257 g/mol. The molecular weight excluding hydrogens is 238 g/mol. The van der Waals surface area contributed by atoms with Crippen LogP contribution in [0, 0.1) is 0 Å². The Bertz CT molecular complexity index is 364. The van der Waals surface area contributed by atoms with Crippen molar-refractivity contribution >= 4 is 23.0 Å². The fourth-order valence-electron chi connectivity index (χ4n) is 1.60. The summed E-state index contributed by atoms with van der Waals surface area (Å²) in [6, 6.07) is 2.11. The first-order valence-electron chi connectivity index (χ1n) is 5.67. The topological polar surface area (TPSA) is 49.8 Å². The molecule has 0 saturated carbocycles. The van der Waals surface area contributed by atoms with E-state index in [9.17, 15) is 4.79 Å². The van der Waals surface area contributed by atoms with Gasteiger partial charge in [-0.15, -0.1) is 11.3 Å². The number of hydrogen-bond acceptors (Lipinski definition) is 4. The molecule has 1 unspecified atom stereocenters. The van der Waals surface area contributed by atoms with Crippen molar-refractivity contribution in [2.24, 2.45) is 0 Å². The van der Waals surface area contributed by atoms with Crippen LogP contribution in [0.1, 0.15) is 29.9 Å². The Kier molecular flexibility index (Phi) is 5.44. The van der Waals surface area contributed by atoms with Crippen molar-refractivity contribution < 1.29 is 14.6 Å². The molecule has 1 aromatic rings. The summed E-state index contributed by atoms with van der Waals surface area (Å²) in [7, 11) is 1.67. The number of carboxylic acid groups (broad SMARTS) is 1. The highest BCUT2D eigenvalue weighted by Crippen LogP contribution is 2.25. The highest BCUT2D eigenvalue weighted by Gasteiger charge is 2.16. The Hall–Kier alpha value is -1.07. The standard InChI is InChI=1S/C12H19NO3S/c1-4-9(2)13(5-6-16-3)10-7-11(12(14)15)17-8-10/h7-9H,4-6H2,1-3H3,(H,14,15). The van der Waals surface area contributed by atoms with Gasteiger partial charge in [-0.3, -0.25) is 0 Å². The molecule has 0 saturated heterocycles. The molecule has 0 bridgehead atoms. The molecule has 0 amide bonds. The lowest BCUT2D eigenvalue weighted by Crippen LogP contribution is -2.35. The molecule has 5 heteroatoms. The Morgan fingerprint density at radius 2 is 2.35 bits per heavy atom. The molecular formula is C12H19NO3S. The van der Waals surface area contributed by atoms with E-state index in [2.05, 4.69) is 18.7 Å². The summed E-state index contributed by atoms with van der Waals surface area (Å²) < 4.78 is 5.09. The number of nitrogens with zero attached hydrogens (tertiary/aromatic N) is 1. The maximum Gasteiger partial charge on any atom is 0.345 e. The second-order valence-corrected chi connectivity index (χ2v) is 4.83. The zero-order valence-corrected chi connectivity index (χ0v) is 11.3. The van der Waals surface area contributed by atoms with E-state index in [1.165, 1.54) is 11.3 Å². The molecule has 0 fully saturated rings. The van der Waals surface area contributed by atoms with Crippen LogP contribution in [0.3, 0.4) is 0 Å². The molecule has 0 radical (unpaired) electrons. The van der Waals surface area contributed by atoms with E-state index in [1.807, 2.05) is 5.38 Å². The lowest BCUT2D eigenvalue weighted by Gasteiger charge is -2.29. The minimum absolute atomic E-state index is 0.376. The highest BCUT2D eigenvalue weighted by atomic mass is 32.1. The average molecular weight is 257 g/mol. The third-order valence-electron chi connectivity index (χ3n) is 2.79. The fraction of sp³-hybridized carbons (Fsp3) is 0.583. The Labute approximate surface area is 106 Å². The number of thiophene rings is 1. The summed E-state index contributed by atoms with van der Waals surface area (Å²) in [5.41, 5.74) is 0.971. The van der Waals surface area contributed by atoms with E-state index >= 15 is 0 Å². The molecule has 1 aromatic heterocycles. The number of hydrogen-bond donors (Lipinski definition) is 1. The zero-order chi connectivity index (χ0) is 12.8. The van der Waals surface area contributed by atoms with Crippen molar-refractivity contribution in [1.29, 1.82) is 0 Å². The molecule has 1 rings (SSSR count). The number of ether oxygens (including phenoxy) is 1. The molecule has 0 aliphatic carbocycles. The fourth-order valence-corrected chi connectivity index (χ4v) is 2.34. The van der Waals surface area contributed by atoms with Crippen LogP contribution in [-0.4, -0.2) is 37.4 Å². The quantitative estimate of drug-likeness (QED) is 0.816. The smallest absolute Gasteiger partial charge is 0.345 e. The predicted molar refractivity (Wildman–Crippen MR) is 70.3 cm³/mol. The van der Waals surface area contributed by atoms with E-state index in [-0.39, 0.29) is 0 Å². The first-order chi connectivity index (χ1) is 8.10. The first-order valence-corrected chi connectivity index (χ1v) is 6.55. The molecule has 1 N–H and O–H groups in total. The van der Waals surface area contributed by atoms with E-state index in [1.54, 1.807) is 13.2 Å². The Balaban J connectivity index is 2.83. The number of carbonyl (C=O) groups is 1. The maximum atomic E-state index is 10.9. The predicted octanol–water partition coefficient (Wildman–Crippen LogP) is 2.70. The minimum atomic E-state index is -0.864. The van der Waals surface area contributed by atoms with Crippen LogP contribution in [0.5, 0.6) is 0 Å². The van der Waals surface area contributed by atoms with Gasteiger partial charge in [0.15, 0.2) is 0 Å². The van der Waals surface area contributed by atoms with Crippen LogP contribution in [0.25, 0.3) is 0 Å². The largest absolute Gasteiger partial charge is 0.477 e. The van der Waals surface area contributed by atoms with Crippen LogP contribution in [0.2, 0.25) is 0 Å².